The van der Waals surface area contributed by atoms with Gasteiger partial charge in [0.15, 0.2) is 0 Å². The lowest BCUT2D eigenvalue weighted by atomic mass is 9.98. The quantitative estimate of drug-likeness (QED) is 0.872. The summed E-state index contributed by atoms with van der Waals surface area (Å²) >= 11 is 0. The molecule has 1 N–H and O–H groups in total. The molecule has 10 heteroatoms. The topological polar surface area (TPSA) is 69.7 Å². The Morgan fingerprint density at radius 1 is 1.28 bits per heavy atom. The number of amides is 1. The largest absolute Gasteiger partial charge is 0.418 e. The fourth-order valence-corrected chi connectivity index (χ4v) is 3.86. The highest BCUT2D eigenvalue weighted by Crippen LogP contribution is 2.35. The highest BCUT2D eigenvalue weighted by atomic mass is 32.2. The van der Waals surface area contributed by atoms with E-state index in [4.69, 9.17) is 0 Å². The molecule has 0 unspecified atom stereocenters. The van der Waals surface area contributed by atoms with Gasteiger partial charge in [-0.3, -0.25) is 4.79 Å². The van der Waals surface area contributed by atoms with Gasteiger partial charge in [-0.05, 0) is 25.0 Å². The number of hydrogen-bond donors (Lipinski definition) is 1. The number of alkyl halides is 3. The number of para-hydroxylation sites is 1. The summed E-state index contributed by atoms with van der Waals surface area (Å²) in [4.78, 5) is 12.4. The minimum atomic E-state index is -4.59. The van der Waals surface area contributed by atoms with E-state index in [9.17, 15) is 26.4 Å². The number of anilines is 1. The van der Waals surface area contributed by atoms with Crippen LogP contribution in [-0.2, 0) is 21.2 Å². The van der Waals surface area contributed by atoms with E-state index in [0.29, 0.717) is 12.8 Å². The Balaban J connectivity index is 2.15. The summed E-state index contributed by atoms with van der Waals surface area (Å²) in [5.74, 6) is -1.32. The smallest absolute Gasteiger partial charge is 0.325 e. The Hall–Kier alpha value is -1.65. The third kappa shape index (κ3) is 4.50. The number of halogens is 3. The number of rotatable bonds is 4. The van der Waals surface area contributed by atoms with Gasteiger partial charge in [0, 0.05) is 27.2 Å². The van der Waals surface area contributed by atoms with E-state index >= 15 is 0 Å². The van der Waals surface area contributed by atoms with Crippen molar-refractivity contribution in [1.82, 2.24) is 8.61 Å². The number of nitrogens with zero attached hydrogens (tertiary/aromatic N) is 2. The standard InChI is InChI=1S/C15H20F3N3O3S/c1-20(2)25(23,24)21-9-5-6-11(10-21)14(22)19-13-8-4-3-7-12(13)15(16,17)18/h3-4,7-8,11H,5-6,9-10H2,1-2H3,(H,19,22)/t11-/m0/s1. The zero-order chi connectivity index (χ0) is 18.8. The maximum atomic E-state index is 13.0. The molecule has 0 aromatic heterocycles. The molecule has 1 aromatic rings. The Bertz CT molecular complexity index is 735. The molecule has 1 aliphatic rings. The van der Waals surface area contributed by atoms with Crippen molar-refractivity contribution in [3.63, 3.8) is 0 Å². The first-order valence-electron chi connectivity index (χ1n) is 7.68. The van der Waals surface area contributed by atoms with Crippen molar-refractivity contribution in [2.75, 3.05) is 32.5 Å². The minimum absolute atomic E-state index is 0.0550. The second-order valence-electron chi connectivity index (χ2n) is 6.02. The molecule has 0 spiro atoms. The summed E-state index contributed by atoms with van der Waals surface area (Å²) in [6.07, 6.45) is -3.71. The number of benzene rings is 1. The number of carbonyl (C=O) groups is 1. The van der Waals surface area contributed by atoms with Crippen LogP contribution < -0.4 is 5.32 Å². The molecule has 0 radical (unpaired) electrons. The predicted octanol–water partition coefficient (Wildman–Crippen LogP) is 2.16. The lowest BCUT2D eigenvalue weighted by Crippen LogP contribution is -2.47. The zero-order valence-corrected chi connectivity index (χ0v) is 14.7. The zero-order valence-electron chi connectivity index (χ0n) is 13.9. The van der Waals surface area contributed by atoms with E-state index in [1.165, 1.54) is 36.6 Å². The molecule has 140 valence electrons. The van der Waals surface area contributed by atoms with Gasteiger partial charge in [-0.2, -0.15) is 30.2 Å². The van der Waals surface area contributed by atoms with Crippen LogP contribution in [-0.4, -0.2) is 50.1 Å². The lowest BCUT2D eigenvalue weighted by Gasteiger charge is -2.32. The van der Waals surface area contributed by atoms with Crippen LogP contribution >= 0.6 is 0 Å². The minimum Gasteiger partial charge on any atom is -0.325 e. The van der Waals surface area contributed by atoms with Crippen LogP contribution in [0.3, 0.4) is 0 Å². The molecule has 1 heterocycles. The summed E-state index contributed by atoms with van der Waals surface area (Å²) in [5, 5.41) is 2.29. The van der Waals surface area contributed by atoms with E-state index in [2.05, 4.69) is 5.32 Å². The number of carbonyl (C=O) groups excluding carboxylic acids is 1. The van der Waals surface area contributed by atoms with Crippen LogP contribution in [0, 0.1) is 5.92 Å². The maximum absolute atomic E-state index is 13.0. The first-order valence-corrected chi connectivity index (χ1v) is 9.08. The number of piperidine rings is 1. The maximum Gasteiger partial charge on any atom is 0.418 e. The third-order valence-corrected chi connectivity index (χ3v) is 5.94. The molecule has 6 nitrogen and oxygen atoms in total. The summed E-state index contributed by atoms with van der Waals surface area (Å²) in [6, 6.07) is 4.70. The summed E-state index contributed by atoms with van der Waals surface area (Å²) in [6.45, 7) is 0.226. The van der Waals surface area contributed by atoms with Crippen molar-refractivity contribution >= 4 is 21.8 Å². The monoisotopic (exact) mass is 379 g/mol. The van der Waals surface area contributed by atoms with Gasteiger partial charge in [-0.1, -0.05) is 12.1 Å². The molecular weight excluding hydrogens is 359 g/mol. The van der Waals surface area contributed by atoms with Crippen LogP contribution in [0.5, 0.6) is 0 Å². The molecular formula is C15H20F3N3O3S. The fraction of sp³-hybridized carbons (Fsp3) is 0.533. The van der Waals surface area contributed by atoms with Gasteiger partial charge in [-0.25, -0.2) is 0 Å². The normalized spacial score (nSPS) is 19.8. The van der Waals surface area contributed by atoms with Crippen LogP contribution in [0.25, 0.3) is 0 Å². The van der Waals surface area contributed by atoms with Crippen LogP contribution in [0.2, 0.25) is 0 Å². The molecule has 1 saturated heterocycles. The van der Waals surface area contributed by atoms with Crippen LogP contribution in [0.4, 0.5) is 18.9 Å². The van der Waals surface area contributed by atoms with E-state index in [1.54, 1.807) is 0 Å². The van der Waals surface area contributed by atoms with Crippen molar-refractivity contribution in [2.45, 2.75) is 19.0 Å². The summed E-state index contributed by atoms with van der Waals surface area (Å²) in [7, 11) is -0.889. The Labute approximate surface area is 144 Å². The van der Waals surface area contributed by atoms with Gasteiger partial charge in [0.2, 0.25) is 5.91 Å². The molecule has 1 aliphatic heterocycles. The second-order valence-corrected chi connectivity index (χ2v) is 8.16. The molecule has 1 fully saturated rings. The first kappa shape index (κ1) is 19.7. The van der Waals surface area contributed by atoms with E-state index in [0.717, 1.165) is 10.4 Å². The van der Waals surface area contributed by atoms with Crippen LogP contribution in [0.1, 0.15) is 18.4 Å². The molecule has 0 aliphatic carbocycles. The Kier molecular flexibility index (Phi) is 5.75. The highest BCUT2D eigenvalue weighted by Gasteiger charge is 2.36. The average Bonchev–Trinajstić information content (AvgIpc) is 2.54. The van der Waals surface area contributed by atoms with Gasteiger partial charge >= 0.3 is 6.18 Å². The molecule has 0 saturated carbocycles. The molecule has 25 heavy (non-hydrogen) atoms. The molecule has 1 amide bonds. The third-order valence-electron chi connectivity index (χ3n) is 4.03. The number of hydrogen-bond acceptors (Lipinski definition) is 3. The van der Waals surface area contributed by atoms with Gasteiger partial charge in [0.05, 0.1) is 17.2 Å². The van der Waals surface area contributed by atoms with Crippen LogP contribution in [0.15, 0.2) is 24.3 Å². The van der Waals surface area contributed by atoms with Gasteiger partial charge in [0.25, 0.3) is 10.2 Å². The van der Waals surface area contributed by atoms with Crippen molar-refractivity contribution in [3.8, 4) is 0 Å². The highest BCUT2D eigenvalue weighted by molar-refractivity contribution is 7.86. The van der Waals surface area contributed by atoms with Crippen molar-refractivity contribution in [3.05, 3.63) is 29.8 Å². The van der Waals surface area contributed by atoms with E-state index < -0.39 is 33.8 Å². The van der Waals surface area contributed by atoms with Gasteiger partial charge in [-0.15, -0.1) is 0 Å². The predicted molar refractivity (Wildman–Crippen MR) is 87.0 cm³/mol. The van der Waals surface area contributed by atoms with E-state index in [-0.39, 0.29) is 18.8 Å². The second kappa shape index (κ2) is 7.30. The average molecular weight is 379 g/mol. The van der Waals surface area contributed by atoms with E-state index in [1.807, 2.05) is 0 Å². The SMILES string of the molecule is CN(C)S(=O)(=O)N1CCC[C@H](C(=O)Nc2ccccc2C(F)(F)F)C1. The molecule has 1 aromatic carbocycles. The first-order chi connectivity index (χ1) is 11.5. The van der Waals surface area contributed by atoms with Crippen molar-refractivity contribution in [2.24, 2.45) is 5.92 Å². The number of nitrogens with one attached hydrogen (secondary N) is 1. The fourth-order valence-electron chi connectivity index (χ4n) is 2.67. The molecule has 0 bridgehead atoms. The lowest BCUT2D eigenvalue weighted by molar-refractivity contribution is -0.137. The summed E-state index contributed by atoms with van der Waals surface area (Å²) < 4.78 is 65.6. The van der Waals surface area contributed by atoms with Gasteiger partial charge < -0.3 is 5.32 Å². The summed E-state index contributed by atoms with van der Waals surface area (Å²) in [5.41, 5.74) is -1.26. The Morgan fingerprint density at radius 3 is 2.52 bits per heavy atom. The van der Waals surface area contributed by atoms with Gasteiger partial charge in [0.1, 0.15) is 0 Å². The molecule has 2 rings (SSSR count). The van der Waals surface area contributed by atoms with Crippen molar-refractivity contribution < 1.29 is 26.4 Å². The Morgan fingerprint density at radius 2 is 1.92 bits per heavy atom. The molecule has 1 atom stereocenters. The van der Waals surface area contributed by atoms with Crippen molar-refractivity contribution in [1.29, 1.82) is 0 Å².